The predicted octanol–water partition coefficient (Wildman–Crippen LogP) is 3.87. The van der Waals surface area contributed by atoms with Gasteiger partial charge in [-0.25, -0.2) is 0 Å². The third-order valence-electron chi connectivity index (χ3n) is 4.25. The number of nitrogens with zero attached hydrogens (tertiary/aromatic N) is 1. The highest BCUT2D eigenvalue weighted by Gasteiger charge is 2.46. The van der Waals surface area contributed by atoms with Gasteiger partial charge in [0.15, 0.2) is 5.78 Å². The lowest BCUT2D eigenvalue weighted by Crippen LogP contribution is -2.58. The zero-order valence-electron chi connectivity index (χ0n) is 12.8. The Morgan fingerprint density at radius 3 is 2.10 bits per heavy atom. The fourth-order valence-corrected chi connectivity index (χ4v) is 3.62. The van der Waals surface area contributed by atoms with E-state index in [1.165, 1.54) is 5.06 Å². The third-order valence-corrected chi connectivity index (χ3v) is 4.25. The van der Waals surface area contributed by atoms with Crippen molar-refractivity contribution in [2.75, 3.05) is 0 Å². The lowest BCUT2D eigenvalue weighted by Gasteiger charge is -2.49. The molecule has 0 atom stereocenters. The van der Waals surface area contributed by atoms with Crippen LogP contribution in [0.1, 0.15) is 57.3 Å². The van der Waals surface area contributed by atoms with Crippen LogP contribution in [0, 0.1) is 5.92 Å². The van der Waals surface area contributed by atoms with Crippen LogP contribution in [-0.4, -0.2) is 21.9 Å². The van der Waals surface area contributed by atoms with Gasteiger partial charge in [0.1, 0.15) is 0 Å². The third kappa shape index (κ3) is 3.10. The minimum atomic E-state index is -0.399. The molecule has 0 unspecified atom stereocenters. The largest absolute Gasteiger partial charge is 0.294 e. The molecule has 1 aliphatic rings. The highest BCUT2D eigenvalue weighted by molar-refractivity contribution is 5.96. The number of carbonyl (C=O) groups is 1. The van der Waals surface area contributed by atoms with Crippen LogP contribution in [0.2, 0.25) is 0 Å². The van der Waals surface area contributed by atoms with Crippen molar-refractivity contribution >= 4 is 5.78 Å². The topological polar surface area (TPSA) is 40.2 Å². The Labute approximate surface area is 121 Å². The molecule has 0 bridgehead atoms. The van der Waals surface area contributed by atoms with Crippen LogP contribution in [0.5, 0.6) is 0 Å². The van der Waals surface area contributed by atoms with Crippen LogP contribution >= 0.6 is 0 Å². The Kier molecular flexibility index (Phi) is 4.03. The van der Waals surface area contributed by atoms with Gasteiger partial charge < -0.3 is 0 Å². The summed E-state index contributed by atoms with van der Waals surface area (Å²) in [5.41, 5.74) is -0.0279. The molecule has 1 fully saturated rings. The molecular weight excluding hydrogens is 250 g/mol. The second kappa shape index (κ2) is 5.30. The first-order valence-corrected chi connectivity index (χ1v) is 7.28. The lowest BCUT2D eigenvalue weighted by molar-refractivity contribution is -0.293. The molecule has 1 heterocycles. The second-order valence-electron chi connectivity index (χ2n) is 7.19. The highest BCUT2D eigenvalue weighted by Crippen LogP contribution is 2.41. The Hall–Kier alpha value is -1.19. The molecule has 0 spiro atoms. The van der Waals surface area contributed by atoms with Crippen LogP contribution < -0.4 is 0 Å². The number of carbonyl (C=O) groups excluding carboxylic acids is 1. The first kappa shape index (κ1) is 15.2. The van der Waals surface area contributed by atoms with Gasteiger partial charge in [-0.15, -0.1) is 10.3 Å². The molecular formula is C17H24NO2. The predicted molar refractivity (Wildman–Crippen MR) is 78.8 cm³/mol. The molecule has 1 aromatic carbocycles. The zero-order valence-corrected chi connectivity index (χ0v) is 12.8. The van der Waals surface area contributed by atoms with Gasteiger partial charge in [0.25, 0.3) is 0 Å². The van der Waals surface area contributed by atoms with Crippen molar-refractivity contribution in [1.82, 2.24) is 5.06 Å². The van der Waals surface area contributed by atoms with E-state index in [9.17, 15) is 10.0 Å². The molecule has 2 rings (SSSR count). The first-order chi connectivity index (χ1) is 9.22. The first-order valence-electron chi connectivity index (χ1n) is 7.28. The van der Waals surface area contributed by atoms with Gasteiger partial charge in [0, 0.05) is 23.1 Å². The van der Waals surface area contributed by atoms with Gasteiger partial charge in [-0.3, -0.25) is 4.79 Å². The summed E-state index contributed by atoms with van der Waals surface area (Å²) < 4.78 is 0. The molecule has 1 aromatic rings. The van der Waals surface area contributed by atoms with Crippen LogP contribution in [0.25, 0.3) is 0 Å². The van der Waals surface area contributed by atoms with Crippen molar-refractivity contribution in [3.63, 3.8) is 0 Å². The monoisotopic (exact) mass is 274 g/mol. The fourth-order valence-electron chi connectivity index (χ4n) is 3.62. The minimum absolute atomic E-state index is 0.182. The molecule has 0 N–H and O–H groups in total. The summed E-state index contributed by atoms with van der Waals surface area (Å²) in [7, 11) is 0. The summed E-state index contributed by atoms with van der Waals surface area (Å²) in [5.74, 6) is 0.458. The van der Waals surface area contributed by atoms with Crippen LogP contribution in [0.15, 0.2) is 30.3 Å². The average Bonchev–Trinajstić information content (AvgIpc) is 2.36. The molecule has 20 heavy (non-hydrogen) atoms. The van der Waals surface area contributed by atoms with Gasteiger partial charge in [0.2, 0.25) is 0 Å². The SMILES string of the molecule is CC1(C)CC(CC(=O)c2ccccc2)CC(C)(C)N1[O]. The summed E-state index contributed by atoms with van der Waals surface area (Å²) in [6, 6.07) is 9.42. The lowest BCUT2D eigenvalue weighted by atomic mass is 9.73. The Morgan fingerprint density at radius 2 is 1.60 bits per heavy atom. The Morgan fingerprint density at radius 1 is 1.10 bits per heavy atom. The van der Waals surface area contributed by atoms with Crippen LogP contribution in [0.3, 0.4) is 0 Å². The molecule has 1 radical (unpaired) electrons. The van der Waals surface area contributed by atoms with Crippen molar-refractivity contribution in [2.24, 2.45) is 5.92 Å². The zero-order chi connectivity index (χ0) is 15.0. The minimum Gasteiger partial charge on any atom is -0.294 e. The molecule has 0 saturated carbocycles. The molecule has 3 nitrogen and oxygen atoms in total. The summed E-state index contributed by atoms with van der Waals surface area (Å²) in [6.07, 6.45) is 2.09. The molecule has 0 amide bonds. The standard InChI is InChI=1S/C17H24NO2/c1-16(2)11-13(12-17(3,4)18(16)20)10-15(19)14-8-6-5-7-9-14/h5-9,13H,10-12H2,1-4H3. The van der Waals surface area contributed by atoms with Crippen molar-refractivity contribution in [2.45, 2.75) is 58.0 Å². The van der Waals surface area contributed by atoms with Gasteiger partial charge in [-0.2, -0.15) is 0 Å². The maximum atomic E-state index is 12.3. The van der Waals surface area contributed by atoms with E-state index in [1.807, 2.05) is 58.0 Å². The fraction of sp³-hybridized carbons (Fsp3) is 0.588. The van der Waals surface area contributed by atoms with Crippen molar-refractivity contribution in [3.05, 3.63) is 35.9 Å². The van der Waals surface area contributed by atoms with Crippen LogP contribution in [0.4, 0.5) is 0 Å². The van der Waals surface area contributed by atoms with E-state index < -0.39 is 11.1 Å². The molecule has 0 aliphatic carbocycles. The van der Waals surface area contributed by atoms with E-state index >= 15 is 0 Å². The maximum Gasteiger partial charge on any atom is 0.163 e. The molecule has 0 aromatic heterocycles. The van der Waals surface area contributed by atoms with Gasteiger partial charge in [0.05, 0.1) is 0 Å². The number of ketones is 1. The molecule has 3 heteroatoms. The summed E-state index contributed by atoms with van der Waals surface area (Å²) >= 11 is 0. The summed E-state index contributed by atoms with van der Waals surface area (Å²) in [6.45, 7) is 7.89. The van der Waals surface area contributed by atoms with Crippen molar-refractivity contribution in [1.29, 1.82) is 0 Å². The van der Waals surface area contributed by atoms with Gasteiger partial charge in [-0.1, -0.05) is 30.3 Å². The number of rotatable bonds is 3. The quantitative estimate of drug-likeness (QED) is 0.785. The van der Waals surface area contributed by atoms with E-state index in [1.54, 1.807) is 0 Å². The highest BCUT2D eigenvalue weighted by atomic mass is 16.5. The number of hydrogen-bond acceptors (Lipinski definition) is 2. The van der Waals surface area contributed by atoms with Crippen molar-refractivity contribution in [3.8, 4) is 0 Å². The maximum absolute atomic E-state index is 12.3. The van der Waals surface area contributed by atoms with E-state index in [-0.39, 0.29) is 11.7 Å². The Bertz CT molecular complexity index is 461. The molecule has 109 valence electrons. The van der Waals surface area contributed by atoms with E-state index in [0.717, 1.165) is 18.4 Å². The second-order valence-corrected chi connectivity index (χ2v) is 7.19. The number of hydroxylamine groups is 2. The number of benzene rings is 1. The summed E-state index contributed by atoms with van der Waals surface area (Å²) in [4.78, 5) is 12.3. The van der Waals surface area contributed by atoms with Crippen LogP contribution in [-0.2, 0) is 5.21 Å². The average molecular weight is 274 g/mol. The normalized spacial score (nSPS) is 22.6. The molecule has 1 saturated heterocycles. The number of Topliss-reactive ketones (excluding diaryl/α,β-unsaturated/α-hetero) is 1. The van der Waals surface area contributed by atoms with Gasteiger partial charge >= 0.3 is 0 Å². The Balaban J connectivity index is 2.09. The number of hydrogen-bond donors (Lipinski definition) is 0. The van der Waals surface area contributed by atoms with E-state index in [4.69, 9.17) is 0 Å². The smallest absolute Gasteiger partial charge is 0.163 e. The number of piperidine rings is 1. The van der Waals surface area contributed by atoms with E-state index in [0.29, 0.717) is 6.42 Å². The summed E-state index contributed by atoms with van der Waals surface area (Å²) in [5, 5.41) is 13.5. The van der Waals surface area contributed by atoms with Crippen molar-refractivity contribution < 1.29 is 10.0 Å². The molecule has 1 aliphatic heterocycles. The van der Waals surface area contributed by atoms with Gasteiger partial charge in [-0.05, 0) is 46.5 Å². The van der Waals surface area contributed by atoms with E-state index in [2.05, 4.69) is 0 Å².